The summed E-state index contributed by atoms with van der Waals surface area (Å²) < 4.78 is 0. The Labute approximate surface area is 139 Å². The van der Waals surface area contributed by atoms with Crippen LogP contribution in [0.15, 0.2) is 48.8 Å². The smallest absolute Gasteiger partial charge is 0.131 e. The molecule has 0 amide bonds. The molecule has 3 rings (SSSR count). The third-order valence-corrected chi connectivity index (χ3v) is 4.05. The van der Waals surface area contributed by atoms with Crippen LogP contribution in [-0.4, -0.2) is 20.2 Å². The van der Waals surface area contributed by atoms with Crippen molar-refractivity contribution in [3.63, 3.8) is 0 Å². The van der Waals surface area contributed by atoms with Crippen molar-refractivity contribution in [2.24, 2.45) is 0 Å². The van der Waals surface area contributed by atoms with Gasteiger partial charge in [0.2, 0.25) is 0 Å². The van der Waals surface area contributed by atoms with Crippen LogP contribution in [0.5, 0.6) is 0 Å². The van der Waals surface area contributed by atoms with Crippen LogP contribution in [0, 0.1) is 0 Å². The number of nitrogens with zero attached hydrogens (tertiary/aromatic N) is 4. The van der Waals surface area contributed by atoms with Gasteiger partial charge in [0.25, 0.3) is 0 Å². The van der Waals surface area contributed by atoms with E-state index < -0.39 is 0 Å². The molecule has 0 fully saturated rings. The molecule has 0 atom stereocenters. The van der Waals surface area contributed by atoms with Crippen LogP contribution in [0.3, 0.4) is 0 Å². The van der Waals surface area contributed by atoms with Crippen LogP contribution in [0.1, 0.15) is 21.4 Å². The van der Waals surface area contributed by atoms with Gasteiger partial charge in [0.05, 0.1) is 24.5 Å². The number of hydrogen-bond acceptors (Lipinski definition) is 7. The third-order valence-electron chi connectivity index (χ3n) is 3.13. The summed E-state index contributed by atoms with van der Waals surface area (Å²) in [5, 5.41) is 17.0. The lowest BCUT2D eigenvalue weighted by atomic mass is 10.3. The lowest BCUT2D eigenvalue weighted by Gasteiger charge is -2.01. The maximum absolute atomic E-state index is 4.27. The lowest BCUT2D eigenvalue weighted by molar-refractivity contribution is 0.661. The van der Waals surface area contributed by atoms with E-state index in [4.69, 9.17) is 0 Å². The minimum absolute atomic E-state index is 0.703. The van der Waals surface area contributed by atoms with Gasteiger partial charge in [-0.05, 0) is 24.3 Å². The van der Waals surface area contributed by atoms with Gasteiger partial charge in [0.15, 0.2) is 0 Å². The molecule has 0 radical (unpaired) electrons. The van der Waals surface area contributed by atoms with Crippen LogP contribution in [0.2, 0.25) is 0 Å². The Morgan fingerprint density at radius 3 is 1.65 bits per heavy atom. The molecule has 7 heteroatoms. The van der Waals surface area contributed by atoms with Crippen LogP contribution in [-0.2, 0) is 26.2 Å². The summed E-state index contributed by atoms with van der Waals surface area (Å²) in [4.78, 5) is 8.55. The van der Waals surface area contributed by atoms with Gasteiger partial charge in [0.1, 0.15) is 10.0 Å². The van der Waals surface area contributed by atoms with E-state index in [9.17, 15) is 0 Å². The largest absolute Gasteiger partial charge is 0.305 e. The Balaban J connectivity index is 1.39. The number of nitrogens with one attached hydrogen (secondary N) is 2. The zero-order chi connectivity index (χ0) is 15.7. The van der Waals surface area contributed by atoms with Gasteiger partial charge in [-0.25, -0.2) is 0 Å². The molecule has 2 N–H and O–H groups in total. The molecular weight excluding hydrogens is 308 g/mol. The monoisotopic (exact) mass is 326 g/mol. The summed E-state index contributed by atoms with van der Waals surface area (Å²) >= 11 is 1.62. The SMILES string of the molecule is c1ccc(CNCc2nnc(CNCc3ccccn3)s2)nc1. The highest BCUT2D eigenvalue weighted by molar-refractivity contribution is 7.11. The van der Waals surface area contributed by atoms with Gasteiger partial charge in [-0.15, -0.1) is 10.2 Å². The molecule has 0 aliphatic rings. The average Bonchev–Trinajstić information content (AvgIpc) is 3.05. The van der Waals surface area contributed by atoms with E-state index in [1.165, 1.54) is 0 Å². The number of pyridine rings is 2. The molecule has 0 unspecified atom stereocenters. The molecule has 6 nitrogen and oxygen atoms in total. The van der Waals surface area contributed by atoms with Crippen LogP contribution >= 0.6 is 11.3 Å². The average molecular weight is 326 g/mol. The molecule has 3 heterocycles. The second kappa shape index (κ2) is 8.42. The van der Waals surface area contributed by atoms with Gasteiger partial charge >= 0.3 is 0 Å². The van der Waals surface area contributed by atoms with E-state index in [-0.39, 0.29) is 0 Å². The van der Waals surface area contributed by atoms with Crippen molar-refractivity contribution in [1.82, 2.24) is 30.8 Å². The summed E-state index contributed by atoms with van der Waals surface area (Å²) in [5.74, 6) is 0. The van der Waals surface area contributed by atoms with Crippen LogP contribution < -0.4 is 10.6 Å². The maximum atomic E-state index is 4.27. The molecular formula is C16H18N6S. The minimum Gasteiger partial charge on any atom is -0.305 e. The van der Waals surface area contributed by atoms with Crippen molar-refractivity contribution in [3.05, 3.63) is 70.2 Å². The number of hydrogen-bond donors (Lipinski definition) is 2. The van der Waals surface area contributed by atoms with Crippen molar-refractivity contribution in [2.45, 2.75) is 26.2 Å². The Kier molecular flexibility index (Phi) is 5.74. The highest BCUT2D eigenvalue weighted by atomic mass is 32.1. The van der Waals surface area contributed by atoms with Gasteiger partial charge in [0, 0.05) is 25.5 Å². The van der Waals surface area contributed by atoms with Crippen molar-refractivity contribution >= 4 is 11.3 Å². The predicted octanol–water partition coefficient (Wildman–Crippen LogP) is 1.91. The topological polar surface area (TPSA) is 75.6 Å². The second-order valence-corrected chi connectivity index (χ2v) is 6.09. The van der Waals surface area contributed by atoms with Crippen LogP contribution in [0.25, 0.3) is 0 Å². The first-order chi connectivity index (χ1) is 11.4. The first-order valence-electron chi connectivity index (χ1n) is 7.42. The molecule has 23 heavy (non-hydrogen) atoms. The second-order valence-electron chi connectivity index (χ2n) is 4.94. The quantitative estimate of drug-likeness (QED) is 0.658. The van der Waals surface area contributed by atoms with E-state index in [0.29, 0.717) is 13.1 Å². The molecule has 118 valence electrons. The Morgan fingerprint density at radius 1 is 0.696 bits per heavy atom. The highest BCUT2D eigenvalue weighted by Gasteiger charge is 2.04. The normalized spacial score (nSPS) is 10.8. The summed E-state index contributed by atoms with van der Waals surface area (Å²) in [6, 6.07) is 11.8. The maximum Gasteiger partial charge on any atom is 0.131 e. The van der Waals surface area contributed by atoms with Gasteiger partial charge in [-0.2, -0.15) is 0 Å². The van der Waals surface area contributed by atoms with Crippen LogP contribution in [0.4, 0.5) is 0 Å². The Hall–Kier alpha value is -2.22. The standard InChI is InChI=1S/C16H18N6S/c1-3-7-19-13(5-1)9-17-11-15-21-22-16(23-15)12-18-10-14-6-2-4-8-20-14/h1-8,17-18H,9-12H2. The first-order valence-corrected chi connectivity index (χ1v) is 8.24. The van der Waals surface area contributed by atoms with E-state index in [1.54, 1.807) is 23.7 Å². The number of aromatic nitrogens is 4. The van der Waals surface area contributed by atoms with Crippen molar-refractivity contribution in [2.75, 3.05) is 0 Å². The molecule has 0 saturated heterocycles. The van der Waals surface area contributed by atoms with E-state index in [2.05, 4.69) is 30.8 Å². The Bertz CT molecular complexity index is 641. The third kappa shape index (κ3) is 5.17. The molecule has 0 aliphatic carbocycles. The van der Waals surface area contributed by atoms with E-state index in [1.807, 2.05) is 36.4 Å². The number of rotatable bonds is 8. The molecule has 0 spiro atoms. The van der Waals surface area contributed by atoms with E-state index in [0.717, 1.165) is 34.5 Å². The summed E-state index contributed by atoms with van der Waals surface area (Å²) in [7, 11) is 0. The predicted molar refractivity (Wildman–Crippen MR) is 89.5 cm³/mol. The Morgan fingerprint density at radius 2 is 1.22 bits per heavy atom. The fourth-order valence-electron chi connectivity index (χ4n) is 2.03. The molecule has 0 saturated carbocycles. The zero-order valence-corrected chi connectivity index (χ0v) is 13.5. The molecule has 0 aliphatic heterocycles. The van der Waals surface area contributed by atoms with Crippen molar-refractivity contribution < 1.29 is 0 Å². The van der Waals surface area contributed by atoms with Gasteiger partial charge in [-0.3, -0.25) is 9.97 Å². The molecule has 3 aromatic rings. The van der Waals surface area contributed by atoms with Crippen molar-refractivity contribution in [1.29, 1.82) is 0 Å². The first kappa shape index (κ1) is 15.7. The fraction of sp³-hybridized carbons (Fsp3) is 0.250. The zero-order valence-electron chi connectivity index (χ0n) is 12.6. The summed E-state index contributed by atoms with van der Waals surface area (Å²) in [6.45, 7) is 2.87. The summed E-state index contributed by atoms with van der Waals surface area (Å²) in [5.41, 5.74) is 2.04. The lowest BCUT2D eigenvalue weighted by Crippen LogP contribution is -2.13. The molecule has 0 aromatic carbocycles. The van der Waals surface area contributed by atoms with Gasteiger partial charge in [-0.1, -0.05) is 23.5 Å². The summed E-state index contributed by atoms with van der Waals surface area (Å²) in [6.07, 6.45) is 3.60. The van der Waals surface area contributed by atoms with E-state index >= 15 is 0 Å². The van der Waals surface area contributed by atoms with Crippen molar-refractivity contribution in [3.8, 4) is 0 Å². The highest BCUT2D eigenvalue weighted by Crippen LogP contribution is 2.09. The minimum atomic E-state index is 0.703. The molecule has 3 aromatic heterocycles. The fourth-order valence-corrected chi connectivity index (χ4v) is 2.82. The van der Waals surface area contributed by atoms with Gasteiger partial charge < -0.3 is 10.6 Å². The molecule has 0 bridgehead atoms.